The van der Waals surface area contributed by atoms with Crippen molar-refractivity contribution in [3.8, 4) is 0 Å². The summed E-state index contributed by atoms with van der Waals surface area (Å²) in [5.41, 5.74) is 13.5. The van der Waals surface area contributed by atoms with Crippen molar-refractivity contribution < 1.29 is 0 Å². The molecule has 174 valence electrons. The number of aryl methyl sites for hydroxylation is 3. The zero-order chi connectivity index (χ0) is 23.9. The molecule has 0 aromatic carbocycles. The van der Waals surface area contributed by atoms with E-state index in [-0.39, 0.29) is 10.8 Å². The Morgan fingerprint density at radius 2 is 1.42 bits per heavy atom. The van der Waals surface area contributed by atoms with Crippen LogP contribution in [0.25, 0.3) is 11.0 Å². The van der Waals surface area contributed by atoms with E-state index in [4.69, 9.17) is 9.97 Å². The highest BCUT2D eigenvalue weighted by atomic mass is 14.8. The molecule has 0 unspecified atom stereocenters. The lowest BCUT2D eigenvalue weighted by molar-refractivity contribution is 0.532. The topological polar surface area (TPSA) is 57.4 Å². The summed E-state index contributed by atoms with van der Waals surface area (Å²) >= 11 is 0. The third-order valence-electron chi connectivity index (χ3n) is 8.37. The standard InChI is InChI=1S/C29H38N4/c1-15-16(2)23-12-24-17(3)18(4)26(33-24)19(5)27-29(8,9)14-21(31-27)11-25-28(6,7)13-20(30-25)10-22(15)32-23/h10-12,15-16,30,33H,13-14H2,1-9H3/t15-,16-/m0/s1. The number of nitrogens with one attached hydrogen (secondary N) is 2. The Balaban J connectivity index is 1.93. The molecule has 4 heteroatoms. The minimum absolute atomic E-state index is 0.00410. The van der Waals surface area contributed by atoms with Crippen molar-refractivity contribution in [1.29, 1.82) is 0 Å². The first-order valence-electron chi connectivity index (χ1n) is 12.4. The maximum Gasteiger partial charge on any atom is 0.0516 e. The summed E-state index contributed by atoms with van der Waals surface area (Å²) in [5, 5.41) is 0. The molecule has 3 aliphatic heterocycles. The van der Waals surface area contributed by atoms with Gasteiger partial charge in [-0.25, -0.2) is 0 Å². The molecule has 0 fully saturated rings. The highest BCUT2D eigenvalue weighted by molar-refractivity contribution is 5.74. The molecule has 33 heavy (non-hydrogen) atoms. The van der Waals surface area contributed by atoms with Gasteiger partial charge >= 0.3 is 0 Å². The van der Waals surface area contributed by atoms with Crippen LogP contribution in [-0.2, 0) is 23.7 Å². The molecule has 0 saturated carbocycles. The van der Waals surface area contributed by atoms with Crippen LogP contribution >= 0.6 is 0 Å². The molecule has 0 amide bonds. The molecular weight excluding hydrogens is 404 g/mol. The number of H-pyrrole nitrogens is 2. The molecule has 3 aliphatic rings. The monoisotopic (exact) mass is 442 g/mol. The number of nitrogens with zero attached hydrogens (tertiary/aromatic N) is 2. The fourth-order valence-electron chi connectivity index (χ4n) is 5.86. The van der Waals surface area contributed by atoms with Gasteiger partial charge in [0.2, 0.25) is 0 Å². The fourth-order valence-corrected chi connectivity index (χ4v) is 5.86. The zero-order valence-electron chi connectivity index (χ0n) is 21.7. The van der Waals surface area contributed by atoms with Gasteiger partial charge in [-0.15, -0.1) is 0 Å². The van der Waals surface area contributed by atoms with Gasteiger partial charge in [0.15, 0.2) is 0 Å². The maximum absolute atomic E-state index is 5.20. The lowest BCUT2D eigenvalue weighted by Crippen LogP contribution is -2.17. The van der Waals surface area contributed by atoms with Crippen molar-refractivity contribution in [2.45, 2.75) is 97.8 Å². The van der Waals surface area contributed by atoms with Crippen LogP contribution in [0.4, 0.5) is 0 Å². The van der Waals surface area contributed by atoms with Crippen LogP contribution in [0.1, 0.15) is 104 Å². The summed E-state index contributed by atoms with van der Waals surface area (Å²) in [6, 6.07) is 6.87. The van der Waals surface area contributed by atoms with Gasteiger partial charge in [-0.2, -0.15) is 0 Å². The predicted molar refractivity (Wildman–Crippen MR) is 137 cm³/mol. The first-order chi connectivity index (χ1) is 15.4. The number of hydrogen-bond donors (Lipinski definition) is 2. The van der Waals surface area contributed by atoms with Gasteiger partial charge in [-0.05, 0) is 62.1 Å². The van der Waals surface area contributed by atoms with Gasteiger partial charge in [0.25, 0.3) is 0 Å². The van der Waals surface area contributed by atoms with E-state index in [1.54, 1.807) is 0 Å². The Labute approximate surface area is 198 Å². The van der Waals surface area contributed by atoms with Crippen LogP contribution in [0.5, 0.6) is 0 Å². The van der Waals surface area contributed by atoms with Crippen LogP contribution in [0.3, 0.4) is 0 Å². The van der Waals surface area contributed by atoms with Crippen LogP contribution in [0.15, 0.2) is 18.2 Å². The first kappa shape index (κ1) is 22.2. The number of fused-ring (bicyclic) bond motifs is 8. The molecule has 2 aromatic rings. The summed E-state index contributed by atoms with van der Waals surface area (Å²) in [7, 11) is 0. The molecule has 5 heterocycles. The van der Waals surface area contributed by atoms with Gasteiger partial charge < -0.3 is 9.97 Å². The van der Waals surface area contributed by atoms with Crippen molar-refractivity contribution in [2.75, 3.05) is 0 Å². The Kier molecular flexibility index (Phi) is 4.83. The molecule has 4 nitrogen and oxygen atoms in total. The normalized spacial score (nSPS) is 22.3. The molecule has 2 aromatic heterocycles. The second-order valence-corrected chi connectivity index (χ2v) is 11.9. The Bertz CT molecular complexity index is 1330. The van der Waals surface area contributed by atoms with Crippen molar-refractivity contribution in [1.82, 2.24) is 19.9 Å². The number of rotatable bonds is 0. The van der Waals surface area contributed by atoms with Crippen molar-refractivity contribution in [3.05, 3.63) is 69.1 Å². The average molecular weight is 443 g/mol. The largest absolute Gasteiger partial charge is 0.362 e. The van der Waals surface area contributed by atoms with Gasteiger partial charge in [-0.1, -0.05) is 41.5 Å². The quantitative estimate of drug-likeness (QED) is 0.466. The number of aromatic amines is 2. The molecule has 8 bridgehead atoms. The molecule has 5 rings (SSSR count). The van der Waals surface area contributed by atoms with E-state index in [0.717, 1.165) is 18.5 Å². The number of aromatic nitrogens is 4. The third kappa shape index (κ3) is 3.50. The average Bonchev–Trinajstić information content (AvgIpc) is 3.36. The highest BCUT2D eigenvalue weighted by Gasteiger charge is 2.33. The van der Waals surface area contributed by atoms with Gasteiger partial charge in [0, 0.05) is 68.6 Å². The second kappa shape index (κ2) is 7.19. The van der Waals surface area contributed by atoms with Crippen molar-refractivity contribution in [2.24, 2.45) is 0 Å². The van der Waals surface area contributed by atoms with Gasteiger partial charge in [-0.3, -0.25) is 9.97 Å². The van der Waals surface area contributed by atoms with E-state index in [1.807, 2.05) is 0 Å². The maximum atomic E-state index is 5.20. The summed E-state index contributed by atoms with van der Waals surface area (Å²) < 4.78 is 0. The molecule has 0 radical (unpaired) electrons. The lowest BCUT2D eigenvalue weighted by Gasteiger charge is -2.19. The number of hydrogen-bond acceptors (Lipinski definition) is 2. The van der Waals surface area contributed by atoms with Crippen molar-refractivity contribution in [3.63, 3.8) is 0 Å². The molecule has 2 atom stereocenters. The van der Waals surface area contributed by atoms with E-state index >= 15 is 0 Å². The Morgan fingerprint density at radius 3 is 2.12 bits per heavy atom. The predicted octanol–water partition coefficient (Wildman–Crippen LogP) is 6.91. The molecule has 0 aliphatic carbocycles. The minimum atomic E-state index is 0.00410. The van der Waals surface area contributed by atoms with Gasteiger partial charge in [0.1, 0.15) is 0 Å². The van der Waals surface area contributed by atoms with E-state index in [0.29, 0.717) is 11.8 Å². The van der Waals surface area contributed by atoms with Crippen molar-refractivity contribution >= 4 is 11.0 Å². The summed E-state index contributed by atoms with van der Waals surface area (Å²) in [6.07, 6.45) is 1.95. The van der Waals surface area contributed by atoms with Crippen LogP contribution in [-0.4, -0.2) is 19.9 Å². The van der Waals surface area contributed by atoms with E-state index in [1.165, 1.54) is 56.2 Å². The van der Waals surface area contributed by atoms with Crippen LogP contribution in [0, 0.1) is 20.8 Å². The fraction of sp³-hybridized carbons (Fsp3) is 0.517. The highest BCUT2D eigenvalue weighted by Crippen LogP contribution is 2.39. The zero-order valence-corrected chi connectivity index (χ0v) is 21.7. The molecule has 0 spiro atoms. The lowest BCUT2D eigenvalue weighted by atomic mass is 9.83. The molecular formula is C29H38N4. The van der Waals surface area contributed by atoms with E-state index < -0.39 is 0 Å². The summed E-state index contributed by atoms with van der Waals surface area (Å²) in [6.45, 7) is 20.5. The summed E-state index contributed by atoms with van der Waals surface area (Å²) in [5.74, 6) is 0.793. The Morgan fingerprint density at radius 1 is 0.758 bits per heavy atom. The molecule has 0 saturated heterocycles. The summed E-state index contributed by atoms with van der Waals surface area (Å²) in [4.78, 5) is 17.8. The minimum Gasteiger partial charge on any atom is -0.362 e. The Hall–Kier alpha value is -2.62. The van der Waals surface area contributed by atoms with Gasteiger partial charge in [0.05, 0.1) is 5.69 Å². The SMILES string of the molecule is Cc1c(C)c2[nH]c1cc1nc(cc3[nH]c(cc4nc(c2C)C(C)(C)C4)C(C)(C)C3)[C@@H](C)[C@@H]1C. The van der Waals surface area contributed by atoms with Crippen LogP contribution in [0.2, 0.25) is 0 Å². The second-order valence-electron chi connectivity index (χ2n) is 11.9. The van der Waals surface area contributed by atoms with E-state index in [2.05, 4.69) is 90.5 Å². The smallest absolute Gasteiger partial charge is 0.0516 e. The first-order valence-corrected chi connectivity index (χ1v) is 12.4. The molecule has 2 N–H and O–H groups in total. The van der Waals surface area contributed by atoms with E-state index in [9.17, 15) is 0 Å². The van der Waals surface area contributed by atoms with Crippen LogP contribution < -0.4 is 0 Å². The third-order valence-corrected chi connectivity index (χ3v) is 8.37.